The van der Waals surface area contributed by atoms with Crippen molar-refractivity contribution in [2.45, 2.75) is 76.4 Å². The van der Waals surface area contributed by atoms with Gasteiger partial charge < -0.3 is 10.2 Å². The van der Waals surface area contributed by atoms with Gasteiger partial charge in [-0.05, 0) is 75.6 Å². The molecule has 0 aliphatic heterocycles. The molecule has 41 heavy (non-hydrogen) atoms. The van der Waals surface area contributed by atoms with Gasteiger partial charge in [0, 0.05) is 17.1 Å². The van der Waals surface area contributed by atoms with Gasteiger partial charge in [-0.2, -0.15) is 0 Å². The van der Waals surface area contributed by atoms with Crippen LogP contribution in [0.4, 0.5) is 5.69 Å². The monoisotopic (exact) mass is 639 g/mol. The third-order valence-electron chi connectivity index (χ3n) is 7.56. The van der Waals surface area contributed by atoms with E-state index in [1.54, 1.807) is 55.5 Å². The number of hydrogen-bond donors (Lipinski definition) is 1. The Morgan fingerprint density at radius 2 is 1.59 bits per heavy atom. The summed E-state index contributed by atoms with van der Waals surface area (Å²) in [5.74, 6) is -0.689. The van der Waals surface area contributed by atoms with E-state index >= 15 is 0 Å². The molecule has 1 saturated carbocycles. The number of halogens is 1. The summed E-state index contributed by atoms with van der Waals surface area (Å²) in [5, 5.41) is 3.13. The normalized spacial score (nSPS) is 14.7. The van der Waals surface area contributed by atoms with E-state index in [0.717, 1.165) is 51.2 Å². The zero-order valence-electron chi connectivity index (χ0n) is 23.8. The van der Waals surface area contributed by atoms with Crippen molar-refractivity contribution >= 4 is 43.5 Å². The molecule has 7 nitrogen and oxygen atoms in total. The Labute approximate surface area is 252 Å². The summed E-state index contributed by atoms with van der Waals surface area (Å²) >= 11 is 3.40. The maximum Gasteiger partial charge on any atom is 0.264 e. The molecule has 0 bridgehead atoms. The van der Waals surface area contributed by atoms with E-state index in [9.17, 15) is 18.0 Å². The second kappa shape index (κ2) is 13.7. The van der Waals surface area contributed by atoms with Gasteiger partial charge in [0.2, 0.25) is 11.8 Å². The van der Waals surface area contributed by atoms with Crippen LogP contribution in [-0.2, 0) is 26.2 Å². The lowest BCUT2D eigenvalue weighted by atomic mass is 9.95. The van der Waals surface area contributed by atoms with Gasteiger partial charge in [-0.15, -0.1) is 0 Å². The first kappa shape index (κ1) is 30.8. The number of aryl methyl sites for hydroxylation is 2. The summed E-state index contributed by atoms with van der Waals surface area (Å²) in [6.07, 6.45) is 5.17. The number of nitrogens with zero attached hydrogens (tertiary/aromatic N) is 2. The van der Waals surface area contributed by atoms with Crippen LogP contribution >= 0.6 is 15.9 Å². The van der Waals surface area contributed by atoms with Crippen molar-refractivity contribution in [2.75, 3.05) is 10.8 Å². The summed E-state index contributed by atoms with van der Waals surface area (Å²) in [4.78, 5) is 29.1. The number of rotatable bonds is 10. The Morgan fingerprint density at radius 1 is 0.927 bits per heavy atom. The fraction of sp³-hybridized carbons (Fsp3) is 0.375. The van der Waals surface area contributed by atoms with Crippen molar-refractivity contribution in [3.05, 3.63) is 94.0 Å². The SMILES string of the molecule is Cc1ccc(S(=O)(=O)N(CC(=O)N(Cc2cccc(C)c2)[C@@H](C)C(=O)NC2CCCCC2)c2ccc(Br)cc2)cc1. The second-order valence-electron chi connectivity index (χ2n) is 10.8. The molecule has 0 radical (unpaired) electrons. The molecule has 1 fully saturated rings. The van der Waals surface area contributed by atoms with Crippen LogP contribution in [0.3, 0.4) is 0 Å². The molecule has 9 heteroatoms. The van der Waals surface area contributed by atoms with Crippen LogP contribution in [0.15, 0.2) is 82.2 Å². The van der Waals surface area contributed by atoms with Crippen LogP contribution in [0.25, 0.3) is 0 Å². The van der Waals surface area contributed by atoms with Crippen LogP contribution in [-0.4, -0.2) is 43.8 Å². The average Bonchev–Trinajstić information content (AvgIpc) is 2.95. The summed E-state index contributed by atoms with van der Waals surface area (Å²) in [7, 11) is -4.09. The highest BCUT2D eigenvalue weighted by Gasteiger charge is 2.33. The lowest BCUT2D eigenvalue weighted by Crippen LogP contribution is -2.53. The largest absolute Gasteiger partial charge is 0.352 e. The Bertz CT molecular complexity index is 1450. The molecular formula is C32H38BrN3O4S. The van der Waals surface area contributed by atoms with Gasteiger partial charge in [0.05, 0.1) is 10.6 Å². The lowest BCUT2D eigenvalue weighted by molar-refractivity contribution is -0.139. The molecule has 1 aliphatic carbocycles. The summed E-state index contributed by atoms with van der Waals surface area (Å²) in [6.45, 7) is 5.29. The van der Waals surface area contributed by atoms with E-state index in [4.69, 9.17) is 0 Å². The van der Waals surface area contributed by atoms with E-state index in [1.807, 2.05) is 38.1 Å². The van der Waals surface area contributed by atoms with Crippen LogP contribution in [0.2, 0.25) is 0 Å². The Morgan fingerprint density at radius 3 is 2.22 bits per heavy atom. The van der Waals surface area contributed by atoms with Crippen molar-refractivity contribution in [3.63, 3.8) is 0 Å². The Balaban J connectivity index is 1.67. The van der Waals surface area contributed by atoms with Gasteiger partial charge in [0.1, 0.15) is 12.6 Å². The number of sulfonamides is 1. The fourth-order valence-corrected chi connectivity index (χ4v) is 6.81. The van der Waals surface area contributed by atoms with Gasteiger partial charge in [0.25, 0.3) is 10.0 Å². The van der Waals surface area contributed by atoms with E-state index in [-0.39, 0.29) is 23.4 Å². The topological polar surface area (TPSA) is 86.8 Å². The molecule has 3 aromatic carbocycles. The predicted octanol–water partition coefficient (Wildman–Crippen LogP) is 6.13. The molecule has 1 atom stereocenters. The number of carbonyl (C=O) groups excluding carboxylic acids is 2. The van der Waals surface area contributed by atoms with E-state index in [1.165, 1.54) is 11.3 Å². The molecule has 3 aromatic rings. The quantitative estimate of drug-likeness (QED) is 0.289. The van der Waals surface area contributed by atoms with Crippen molar-refractivity contribution in [2.24, 2.45) is 0 Å². The molecule has 1 aliphatic rings. The highest BCUT2D eigenvalue weighted by Crippen LogP contribution is 2.26. The van der Waals surface area contributed by atoms with Crippen LogP contribution in [0.1, 0.15) is 55.7 Å². The van der Waals surface area contributed by atoms with Gasteiger partial charge in [-0.3, -0.25) is 13.9 Å². The Hall–Kier alpha value is -3.17. The minimum atomic E-state index is -4.09. The van der Waals surface area contributed by atoms with Crippen molar-refractivity contribution in [1.29, 1.82) is 0 Å². The Kier molecular flexibility index (Phi) is 10.3. The molecule has 2 amide bonds. The highest BCUT2D eigenvalue weighted by molar-refractivity contribution is 9.10. The average molecular weight is 641 g/mol. The van der Waals surface area contributed by atoms with Crippen LogP contribution in [0.5, 0.6) is 0 Å². The smallest absolute Gasteiger partial charge is 0.264 e. The van der Waals surface area contributed by atoms with Crippen LogP contribution in [0, 0.1) is 13.8 Å². The highest BCUT2D eigenvalue weighted by atomic mass is 79.9. The molecule has 0 heterocycles. The lowest BCUT2D eigenvalue weighted by Gasteiger charge is -2.33. The third kappa shape index (κ3) is 7.98. The second-order valence-corrected chi connectivity index (χ2v) is 13.6. The number of amides is 2. The first-order chi connectivity index (χ1) is 19.5. The molecule has 0 saturated heterocycles. The van der Waals surface area contributed by atoms with Crippen LogP contribution < -0.4 is 9.62 Å². The van der Waals surface area contributed by atoms with E-state index in [0.29, 0.717) is 5.69 Å². The minimum absolute atomic E-state index is 0.0899. The summed E-state index contributed by atoms with van der Waals surface area (Å²) in [6, 6.07) is 20.4. The summed E-state index contributed by atoms with van der Waals surface area (Å²) < 4.78 is 29.8. The number of nitrogens with one attached hydrogen (secondary N) is 1. The zero-order valence-corrected chi connectivity index (χ0v) is 26.2. The molecular weight excluding hydrogens is 602 g/mol. The van der Waals surface area contributed by atoms with Gasteiger partial charge >= 0.3 is 0 Å². The summed E-state index contributed by atoms with van der Waals surface area (Å²) in [5.41, 5.74) is 3.19. The zero-order chi connectivity index (χ0) is 29.6. The first-order valence-electron chi connectivity index (χ1n) is 14.0. The number of anilines is 1. The van der Waals surface area contributed by atoms with Gasteiger partial charge in [-0.25, -0.2) is 8.42 Å². The molecule has 0 spiro atoms. The fourth-order valence-electron chi connectivity index (χ4n) is 5.13. The molecule has 1 N–H and O–H groups in total. The number of hydrogen-bond acceptors (Lipinski definition) is 4. The van der Waals surface area contributed by atoms with Gasteiger partial charge in [-0.1, -0.05) is 82.7 Å². The predicted molar refractivity (Wildman–Crippen MR) is 166 cm³/mol. The van der Waals surface area contributed by atoms with Crippen molar-refractivity contribution in [3.8, 4) is 0 Å². The molecule has 0 unspecified atom stereocenters. The molecule has 0 aromatic heterocycles. The van der Waals surface area contributed by atoms with Gasteiger partial charge in [0.15, 0.2) is 0 Å². The number of carbonyl (C=O) groups is 2. The molecule has 218 valence electrons. The van der Waals surface area contributed by atoms with E-state index < -0.39 is 28.5 Å². The maximum atomic E-state index is 14.1. The standard InChI is InChI=1S/C32H38BrN3O4S/c1-23-12-18-30(19-13-23)41(39,40)36(29-16-14-27(33)15-17-29)22-31(37)35(21-26-9-7-8-24(2)20-26)25(3)32(38)34-28-10-5-4-6-11-28/h7-9,12-20,25,28H,4-6,10-11,21-22H2,1-3H3,(H,34,38)/t25-/m0/s1. The molecule has 4 rings (SSSR count). The minimum Gasteiger partial charge on any atom is -0.352 e. The number of benzene rings is 3. The first-order valence-corrected chi connectivity index (χ1v) is 16.3. The third-order valence-corrected chi connectivity index (χ3v) is 9.87. The van der Waals surface area contributed by atoms with Crippen molar-refractivity contribution < 1.29 is 18.0 Å². The maximum absolute atomic E-state index is 14.1. The van der Waals surface area contributed by atoms with Crippen molar-refractivity contribution in [1.82, 2.24) is 10.2 Å². The van der Waals surface area contributed by atoms with E-state index in [2.05, 4.69) is 21.2 Å².